The third kappa shape index (κ3) is 0.994. The molecule has 0 aliphatic heterocycles. The SMILES string of the molecule is C#C[C@]1(O)CCC2=CC(=O)CC[C@@]21C. The number of hydrogen-bond donors (Lipinski definition) is 1. The van der Waals surface area contributed by atoms with Gasteiger partial charge in [0.25, 0.3) is 0 Å². The van der Waals surface area contributed by atoms with Crippen molar-refractivity contribution in [2.45, 2.75) is 38.2 Å². The minimum absolute atomic E-state index is 0.166. The summed E-state index contributed by atoms with van der Waals surface area (Å²) in [6, 6.07) is 0. The van der Waals surface area contributed by atoms with Crippen molar-refractivity contribution in [1.29, 1.82) is 0 Å². The van der Waals surface area contributed by atoms with Crippen molar-refractivity contribution in [3.8, 4) is 12.3 Å². The van der Waals surface area contributed by atoms with Crippen LogP contribution in [0.5, 0.6) is 0 Å². The largest absolute Gasteiger partial charge is 0.377 e. The third-order valence-corrected chi connectivity index (χ3v) is 3.82. The highest BCUT2D eigenvalue weighted by Gasteiger charge is 2.53. The fourth-order valence-corrected chi connectivity index (χ4v) is 2.60. The van der Waals surface area contributed by atoms with E-state index >= 15 is 0 Å². The monoisotopic (exact) mass is 190 g/mol. The highest BCUT2D eigenvalue weighted by Crippen LogP contribution is 2.54. The van der Waals surface area contributed by atoms with Gasteiger partial charge >= 0.3 is 0 Å². The van der Waals surface area contributed by atoms with E-state index in [0.29, 0.717) is 19.3 Å². The molecule has 14 heavy (non-hydrogen) atoms. The normalized spacial score (nSPS) is 41.5. The van der Waals surface area contributed by atoms with Gasteiger partial charge in [-0.2, -0.15) is 0 Å². The summed E-state index contributed by atoms with van der Waals surface area (Å²) in [5.74, 6) is 2.66. The molecule has 0 amide bonds. The second-order valence-corrected chi connectivity index (χ2v) is 4.47. The van der Waals surface area contributed by atoms with Gasteiger partial charge in [0.2, 0.25) is 0 Å². The lowest BCUT2D eigenvalue weighted by Crippen LogP contribution is -2.42. The van der Waals surface area contributed by atoms with Gasteiger partial charge < -0.3 is 5.11 Å². The number of carbonyl (C=O) groups is 1. The number of aliphatic hydroxyl groups is 1. The summed E-state index contributed by atoms with van der Waals surface area (Å²) in [6.45, 7) is 1.97. The Hall–Kier alpha value is -1.07. The van der Waals surface area contributed by atoms with Crippen LogP contribution in [0.2, 0.25) is 0 Å². The zero-order chi connectivity index (χ0) is 10.4. The minimum atomic E-state index is -1.04. The molecular weight excluding hydrogens is 176 g/mol. The molecule has 1 fully saturated rings. The van der Waals surface area contributed by atoms with E-state index in [-0.39, 0.29) is 11.2 Å². The summed E-state index contributed by atoms with van der Waals surface area (Å²) >= 11 is 0. The van der Waals surface area contributed by atoms with E-state index in [1.807, 2.05) is 6.92 Å². The fourth-order valence-electron chi connectivity index (χ4n) is 2.60. The lowest BCUT2D eigenvalue weighted by atomic mass is 9.68. The molecule has 1 saturated carbocycles. The molecule has 0 unspecified atom stereocenters. The summed E-state index contributed by atoms with van der Waals surface area (Å²) < 4.78 is 0. The van der Waals surface area contributed by atoms with Crippen LogP contribution in [0.15, 0.2) is 11.6 Å². The van der Waals surface area contributed by atoms with Gasteiger partial charge in [-0.05, 0) is 25.3 Å². The van der Waals surface area contributed by atoms with Crippen LogP contribution in [0.25, 0.3) is 0 Å². The van der Waals surface area contributed by atoms with Gasteiger partial charge in [0.15, 0.2) is 5.78 Å². The Morgan fingerprint density at radius 2 is 2.21 bits per heavy atom. The first-order valence-corrected chi connectivity index (χ1v) is 4.96. The fraction of sp³-hybridized carbons (Fsp3) is 0.583. The Morgan fingerprint density at radius 3 is 2.86 bits per heavy atom. The third-order valence-electron chi connectivity index (χ3n) is 3.82. The van der Waals surface area contributed by atoms with Crippen molar-refractivity contribution in [1.82, 2.24) is 0 Å². The number of ketones is 1. The van der Waals surface area contributed by atoms with E-state index in [0.717, 1.165) is 12.0 Å². The van der Waals surface area contributed by atoms with Crippen LogP contribution in [-0.4, -0.2) is 16.5 Å². The summed E-state index contributed by atoms with van der Waals surface area (Å²) in [5.41, 5.74) is -0.371. The van der Waals surface area contributed by atoms with Crippen LogP contribution in [0.3, 0.4) is 0 Å². The average molecular weight is 190 g/mol. The van der Waals surface area contributed by atoms with Crippen molar-refractivity contribution < 1.29 is 9.90 Å². The van der Waals surface area contributed by atoms with Crippen molar-refractivity contribution in [3.05, 3.63) is 11.6 Å². The maximum absolute atomic E-state index is 11.2. The Balaban J connectivity index is 2.48. The molecular formula is C12H14O2. The lowest BCUT2D eigenvalue weighted by molar-refractivity contribution is -0.116. The molecule has 2 heteroatoms. The van der Waals surface area contributed by atoms with Crippen LogP contribution >= 0.6 is 0 Å². The first-order valence-electron chi connectivity index (χ1n) is 4.96. The van der Waals surface area contributed by atoms with E-state index in [4.69, 9.17) is 6.42 Å². The molecule has 0 bridgehead atoms. The van der Waals surface area contributed by atoms with Crippen LogP contribution in [0.4, 0.5) is 0 Å². The first-order chi connectivity index (χ1) is 6.52. The maximum atomic E-state index is 11.2. The number of carbonyl (C=O) groups excluding carboxylic acids is 1. The van der Waals surface area contributed by atoms with E-state index in [2.05, 4.69) is 5.92 Å². The highest BCUT2D eigenvalue weighted by atomic mass is 16.3. The van der Waals surface area contributed by atoms with Crippen LogP contribution in [0.1, 0.15) is 32.6 Å². The number of allylic oxidation sites excluding steroid dienone is 1. The standard InChI is InChI=1S/C12H14O2/c1-3-12(14)7-4-9-8-10(13)5-6-11(9,12)2/h1,8,14H,4-7H2,2H3/t11-,12-/m0/s1. The van der Waals surface area contributed by atoms with Crippen molar-refractivity contribution in [2.24, 2.45) is 5.41 Å². The number of terminal acetylenes is 1. The van der Waals surface area contributed by atoms with Gasteiger partial charge in [0, 0.05) is 11.8 Å². The molecule has 2 rings (SSSR count). The Bertz CT molecular complexity index is 361. The Kier molecular flexibility index (Phi) is 1.84. The second-order valence-electron chi connectivity index (χ2n) is 4.47. The molecule has 0 radical (unpaired) electrons. The molecule has 0 spiro atoms. The molecule has 2 aliphatic rings. The Morgan fingerprint density at radius 1 is 1.50 bits per heavy atom. The number of hydrogen-bond acceptors (Lipinski definition) is 2. The zero-order valence-corrected chi connectivity index (χ0v) is 8.34. The molecule has 1 N–H and O–H groups in total. The quantitative estimate of drug-likeness (QED) is 0.587. The van der Waals surface area contributed by atoms with E-state index in [1.165, 1.54) is 0 Å². The predicted molar refractivity (Wildman–Crippen MR) is 53.4 cm³/mol. The molecule has 2 nitrogen and oxygen atoms in total. The molecule has 0 saturated heterocycles. The van der Waals surface area contributed by atoms with Crippen molar-refractivity contribution in [2.75, 3.05) is 0 Å². The topological polar surface area (TPSA) is 37.3 Å². The van der Waals surface area contributed by atoms with Gasteiger partial charge in [-0.3, -0.25) is 4.79 Å². The summed E-state index contributed by atoms with van der Waals surface area (Å²) in [5, 5.41) is 10.3. The van der Waals surface area contributed by atoms with Crippen molar-refractivity contribution in [3.63, 3.8) is 0 Å². The molecule has 0 aromatic carbocycles. The smallest absolute Gasteiger partial charge is 0.155 e. The Labute approximate surface area is 84.0 Å². The van der Waals surface area contributed by atoms with Gasteiger partial charge in [0.1, 0.15) is 5.60 Å². The minimum Gasteiger partial charge on any atom is -0.377 e. The van der Waals surface area contributed by atoms with Gasteiger partial charge in [-0.1, -0.05) is 18.4 Å². The number of rotatable bonds is 0. The summed E-state index contributed by atoms with van der Waals surface area (Å²) in [4.78, 5) is 11.2. The predicted octanol–water partition coefficient (Wildman–Crippen LogP) is 1.44. The van der Waals surface area contributed by atoms with Crippen molar-refractivity contribution >= 4 is 5.78 Å². The highest BCUT2D eigenvalue weighted by molar-refractivity contribution is 5.92. The molecule has 2 atom stereocenters. The van der Waals surface area contributed by atoms with Gasteiger partial charge in [0.05, 0.1) is 0 Å². The summed E-state index contributed by atoms with van der Waals surface area (Å²) in [6.07, 6.45) is 9.58. The molecule has 74 valence electrons. The van der Waals surface area contributed by atoms with E-state index in [1.54, 1.807) is 6.08 Å². The first kappa shape index (κ1) is 9.48. The average Bonchev–Trinajstić information content (AvgIpc) is 2.42. The number of fused-ring (bicyclic) bond motifs is 1. The maximum Gasteiger partial charge on any atom is 0.155 e. The van der Waals surface area contributed by atoms with E-state index < -0.39 is 5.60 Å². The molecule has 0 aromatic heterocycles. The summed E-state index contributed by atoms with van der Waals surface area (Å²) in [7, 11) is 0. The van der Waals surface area contributed by atoms with Gasteiger partial charge in [-0.15, -0.1) is 6.42 Å². The molecule has 0 aromatic rings. The van der Waals surface area contributed by atoms with E-state index in [9.17, 15) is 9.90 Å². The van der Waals surface area contributed by atoms with Gasteiger partial charge in [-0.25, -0.2) is 0 Å². The van der Waals surface area contributed by atoms with Crippen LogP contribution in [-0.2, 0) is 4.79 Å². The zero-order valence-electron chi connectivity index (χ0n) is 8.34. The second kappa shape index (κ2) is 2.71. The molecule has 0 heterocycles. The molecule has 2 aliphatic carbocycles. The van der Waals surface area contributed by atoms with Crippen LogP contribution < -0.4 is 0 Å². The lowest BCUT2D eigenvalue weighted by Gasteiger charge is -2.38. The van der Waals surface area contributed by atoms with Crippen LogP contribution in [0, 0.1) is 17.8 Å².